The number of carboxylic acids is 1. The lowest BCUT2D eigenvalue weighted by atomic mass is 10.0. The molecule has 0 aromatic rings. The van der Waals surface area contributed by atoms with Gasteiger partial charge in [0.25, 0.3) is 0 Å². The summed E-state index contributed by atoms with van der Waals surface area (Å²) in [6.45, 7) is 3.54. The highest BCUT2D eigenvalue weighted by Crippen LogP contribution is 2.12. The molecule has 0 aliphatic carbocycles. The fraction of sp³-hybridized carbons (Fsp3) is 0.818. The minimum Gasteiger partial charge on any atom is -0.480 e. The number of rotatable bonds is 4. The van der Waals surface area contributed by atoms with Gasteiger partial charge in [0, 0.05) is 26.2 Å². The van der Waals surface area contributed by atoms with Gasteiger partial charge < -0.3 is 15.7 Å². The normalized spacial score (nSPS) is 27.9. The summed E-state index contributed by atoms with van der Waals surface area (Å²) < 4.78 is 0. The van der Waals surface area contributed by atoms with E-state index in [1.807, 2.05) is 0 Å². The van der Waals surface area contributed by atoms with Crippen LogP contribution in [0.2, 0.25) is 0 Å². The molecule has 2 saturated heterocycles. The predicted octanol–water partition coefficient (Wildman–Crippen LogP) is -1.33. The first-order valence-corrected chi connectivity index (χ1v) is 6.15. The monoisotopic (exact) mass is 241 g/mol. The van der Waals surface area contributed by atoms with Crippen molar-refractivity contribution in [1.29, 1.82) is 0 Å². The van der Waals surface area contributed by atoms with Crippen molar-refractivity contribution >= 4 is 11.8 Å². The maximum atomic E-state index is 12.2. The Morgan fingerprint density at radius 2 is 1.94 bits per heavy atom. The van der Waals surface area contributed by atoms with Gasteiger partial charge in [-0.1, -0.05) is 0 Å². The van der Waals surface area contributed by atoms with Crippen molar-refractivity contribution in [2.45, 2.75) is 24.9 Å². The van der Waals surface area contributed by atoms with E-state index in [9.17, 15) is 14.7 Å². The van der Waals surface area contributed by atoms with Crippen molar-refractivity contribution in [3.8, 4) is 0 Å². The van der Waals surface area contributed by atoms with Gasteiger partial charge in [0.2, 0.25) is 0 Å². The minimum absolute atomic E-state index is 0.183. The first-order chi connectivity index (χ1) is 8.20. The van der Waals surface area contributed by atoms with E-state index >= 15 is 0 Å². The van der Waals surface area contributed by atoms with Crippen molar-refractivity contribution in [3.05, 3.63) is 0 Å². The third-order valence-electron chi connectivity index (χ3n) is 3.42. The summed E-state index contributed by atoms with van der Waals surface area (Å²) in [5.41, 5.74) is 0. The maximum absolute atomic E-state index is 12.2. The van der Waals surface area contributed by atoms with Crippen molar-refractivity contribution in [2.24, 2.45) is 0 Å². The van der Waals surface area contributed by atoms with Crippen molar-refractivity contribution < 1.29 is 14.7 Å². The molecule has 96 valence electrons. The molecule has 1 unspecified atom stereocenters. The number of carbonyl (C=O) groups excluding carboxylic acids is 1. The second-order valence-electron chi connectivity index (χ2n) is 4.58. The highest BCUT2D eigenvalue weighted by molar-refractivity contribution is 6.05. The lowest BCUT2D eigenvalue weighted by molar-refractivity contribution is -0.149. The fourth-order valence-corrected chi connectivity index (χ4v) is 2.52. The van der Waals surface area contributed by atoms with E-state index in [0.29, 0.717) is 13.1 Å². The molecule has 3 N–H and O–H groups in total. The number of ketones is 1. The topological polar surface area (TPSA) is 81.7 Å². The number of nitrogens with one attached hydrogen (secondary N) is 2. The van der Waals surface area contributed by atoms with E-state index in [4.69, 9.17) is 0 Å². The number of carboxylic acid groups (broad SMARTS) is 1. The van der Waals surface area contributed by atoms with E-state index in [2.05, 4.69) is 10.6 Å². The van der Waals surface area contributed by atoms with E-state index in [-0.39, 0.29) is 11.8 Å². The van der Waals surface area contributed by atoms with Gasteiger partial charge in [0.05, 0.1) is 6.04 Å². The molecule has 2 aliphatic heterocycles. The lowest BCUT2D eigenvalue weighted by Crippen LogP contribution is -2.57. The van der Waals surface area contributed by atoms with Gasteiger partial charge in [-0.25, -0.2) is 0 Å². The third-order valence-corrected chi connectivity index (χ3v) is 3.42. The van der Waals surface area contributed by atoms with Crippen LogP contribution in [-0.4, -0.2) is 66.6 Å². The van der Waals surface area contributed by atoms with Crippen molar-refractivity contribution in [3.63, 3.8) is 0 Å². The van der Waals surface area contributed by atoms with Gasteiger partial charge in [-0.15, -0.1) is 0 Å². The maximum Gasteiger partial charge on any atom is 0.328 e. The Hall–Kier alpha value is -0.980. The number of piperazine rings is 1. The smallest absolute Gasteiger partial charge is 0.328 e. The largest absolute Gasteiger partial charge is 0.480 e. The molecule has 0 aromatic carbocycles. The molecular formula is C11H19N3O3. The van der Waals surface area contributed by atoms with Crippen LogP contribution in [0.25, 0.3) is 0 Å². The summed E-state index contributed by atoms with van der Waals surface area (Å²) in [6.07, 6.45) is 1.71. The summed E-state index contributed by atoms with van der Waals surface area (Å²) in [5, 5.41) is 15.5. The number of aliphatic carboxylic acids is 1. The zero-order valence-electron chi connectivity index (χ0n) is 9.82. The van der Waals surface area contributed by atoms with E-state index in [0.717, 1.165) is 32.5 Å². The standard InChI is InChI=1S/C11H19N3O3/c15-10(8-2-1-3-13-8)9(11(16)17)14-6-4-12-5-7-14/h8-9,12-13H,1-7H2,(H,16,17)/t8-,9?/m1/s1. The van der Waals surface area contributed by atoms with Gasteiger partial charge in [0.1, 0.15) is 0 Å². The van der Waals surface area contributed by atoms with Crippen LogP contribution in [0.1, 0.15) is 12.8 Å². The van der Waals surface area contributed by atoms with Crippen LogP contribution in [0.5, 0.6) is 0 Å². The second kappa shape index (κ2) is 5.57. The highest BCUT2D eigenvalue weighted by Gasteiger charge is 2.38. The molecule has 2 fully saturated rings. The van der Waals surface area contributed by atoms with Crippen LogP contribution >= 0.6 is 0 Å². The average molecular weight is 241 g/mol. The fourth-order valence-electron chi connectivity index (χ4n) is 2.52. The number of hydrogen-bond acceptors (Lipinski definition) is 5. The molecule has 0 saturated carbocycles. The Morgan fingerprint density at radius 1 is 1.24 bits per heavy atom. The molecule has 17 heavy (non-hydrogen) atoms. The Bertz CT molecular complexity index is 296. The van der Waals surface area contributed by atoms with Crippen molar-refractivity contribution in [2.75, 3.05) is 32.7 Å². The molecule has 2 atom stereocenters. The third kappa shape index (κ3) is 2.83. The van der Waals surface area contributed by atoms with Gasteiger partial charge in [0.15, 0.2) is 11.8 Å². The van der Waals surface area contributed by atoms with Crippen LogP contribution in [0.3, 0.4) is 0 Å². The minimum atomic E-state index is -1.02. The molecule has 0 amide bonds. The second-order valence-corrected chi connectivity index (χ2v) is 4.58. The van der Waals surface area contributed by atoms with Crippen molar-refractivity contribution in [1.82, 2.24) is 15.5 Å². The quantitative estimate of drug-likeness (QED) is 0.529. The Balaban J connectivity index is 2.04. The van der Waals surface area contributed by atoms with E-state index in [1.54, 1.807) is 4.90 Å². The molecular weight excluding hydrogens is 222 g/mol. The average Bonchev–Trinajstić information content (AvgIpc) is 2.83. The lowest BCUT2D eigenvalue weighted by Gasteiger charge is -2.32. The van der Waals surface area contributed by atoms with Gasteiger partial charge >= 0.3 is 5.97 Å². The number of nitrogens with zero attached hydrogens (tertiary/aromatic N) is 1. The Morgan fingerprint density at radius 3 is 2.47 bits per heavy atom. The van der Waals surface area contributed by atoms with Gasteiger partial charge in [-0.05, 0) is 19.4 Å². The molecule has 6 heteroatoms. The molecule has 2 rings (SSSR count). The number of hydrogen-bond donors (Lipinski definition) is 3. The van der Waals surface area contributed by atoms with Gasteiger partial charge in [-0.3, -0.25) is 14.5 Å². The zero-order valence-corrected chi connectivity index (χ0v) is 9.82. The van der Waals surface area contributed by atoms with Crippen LogP contribution < -0.4 is 10.6 Å². The molecule has 0 radical (unpaired) electrons. The molecule has 0 spiro atoms. The molecule has 0 bridgehead atoms. The van der Waals surface area contributed by atoms with Crippen LogP contribution in [-0.2, 0) is 9.59 Å². The highest BCUT2D eigenvalue weighted by atomic mass is 16.4. The van der Waals surface area contributed by atoms with Crippen LogP contribution in [0.15, 0.2) is 0 Å². The summed E-state index contributed by atoms with van der Waals surface area (Å²) in [4.78, 5) is 25.2. The van der Waals surface area contributed by atoms with E-state index < -0.39 is 12.0 Å². The first-order valence-electron chi connectivity index (χ1n) is 6.15. The Kier molecular flexibility index (Phi) is 4.09. The summed E-state index contributed by atoms with van der Waals surface area (Å²) in [7, 11) is 0. The molecule has 0 aromatic heterocycles. The summed E-state index contributed by atoms with van der Waals surface area (Å²) in [6, 6.07) is -1.25. The predicted molar refractivity (Wildman–Crippen MR) is 61.9 cm³/mol. The van der Waals surface area contributed by atoms with Crippen LogP contribution in [0.4, 0.5) is 0 Å². The summed E-state index contributed by atoms with van der Waals surface area (Å²) in [5.74, 6) is -1.21. The number of carbonyl (C=O) groups is 2. The Labute approximate surface area is 100 Å². The molecule has 6 nitrogen and oxygen atoms in total. The van der Waals surface area contributed by atoms with Gasteiger partial charge in [-0.2, -0.15) is 0 Å². The first kappa shape index (κ1) is 12.5. The van der Waals surface area contributed by atoms with Crippen LogP contribution in [0, 0.1) is 0 Å². The molecule has 2 heterocycles. The number of Topliss-reactive ketones (excluding diaryl/α,β-unsaturated/α-hetero) is 1. The molecule has 2 aliphatic rings. The van der Waals surface area contributed by atoms with E-state index in [1.165, 1.54) is 0 Å². The zero-order chi connectivity index (χ0) is 12.3. The summed E-state index contributed by atoms with van der Waals surface area (Å²) >= 11 is 0. The SMILES string of the molecule is O=C(O)C(C(=O)[C@H]1CCCN1)N1CCNCC1.